The molecule has 0 bridgehead atoms. The van der Waals surface area contributed by atoms with Crippen molar-refractivity contribution < 1.29 is 4.79 Å². The van der Waals surface area contributed by atoms with Gasteiger partial charge in [0.05, 0.1) is 0 Å². The van der Waals surface area contributed by atoms with E-state index in [4.69, 9.17) is 11.6 Å². The molecule has 2 rings (SSSR count). The summed E-state index contributed by atoms with van der Waals surface area (Å²) in [5, 5.41) is 0.635. The molecule has 0 radical (unpaired) electrons. The van der Waals surface area contributed by atoms with Gasteiger partial charge in [-0.25, -0.2) is 0 Å². The minimum atomic E-state index is -0.0229. The number of halogens is 1. The number of rotatable bonds is 4. The number of amides is 1. The van der Waals surface area contributed by atoms with Crippen molar-refractivity contribution in [1.29, 1.82) is 0 Å². The average Bonchev–Trinajstić information content (AvgIpc) is 2.47. The van der Waals surface area contributed by atoms with Gasteiger partial charge in [0.15, 0.2) is 0 Å². The van der Waals surface area contributed by atoms with Crippen LogP contribution in [-0.2, 0) is 6.42 Å². The van der Waals surface area contributed by atoms with Crippen molar-refractivity contribution in [1.82, 2.24) is 0 Å². The lowest BCUT2D eigenvalue weighted by Gasteiger charge is -2.20. The summed E-state index contributed by atoms with van der Waals surface area (Å²) in [6, 6.07) is 15.0. The van der Waals surface area contributed by atoms with E-state index in [1.165, 1.54) is 5.56 Å². The average molecular weight is 288 g/mol. The summed E-state index contributed by atoms with van der Waals surface area (Å²) in [4.78, 5) is 14.2. The molecule has 0 heterocycles. The van der Waals surface area contributed by atoms with E-state index in [0.29, 0.717) is 10.6 Å². The van der Waals surface area contributed by atoms with Gasteiger partial charge < -0.3 is 4.90 Å². The minimum absolute atomic E-state index is 0.0229. The summed E-state index contributed by atoms with van der Waals surface area (Å²) in [6.45, 7) is 2.14. The monoisotopic (exact) mass is 287 g/mol. The summed E-state index contributed by atoms with van der Waals surface area (Å²) in [7, 11) is 1.81. The Morgan fingerprint density at radius 3 is 2.40 bits per heavy atom. The Labute approximate surface area is 125 Å². The van der Waals surface area contributed by atoms with Crippen molar-refractivity contribution in [3.05, 3.63) is 64.7 Å². The lowest BCUT2D eigenvalue weighted by atomic mass is 10.1. The molecule has 0 unspecified atom stereocenters. The van der Waals surface area contributed by atoms with Crippen molar-refractivity contribution >= 4 is 23.2 Å². The van der Waals surface area contributed by atoms with Gasteiger partial charge in [-0.2, -0.15) is 0 Å². The molecule has 2 aromatic carbocycles. The number of aryl methyl sites for hydroxylation is 1. The maximum Gasteiger partial charge on any atom is 0.258 e. The Balaban J connectivity index is 2.28. The zero-order valence-corrected chi connectivity index (χ0v) is 12.5. The molecule has 104 valence electrons. The van der Waals surface area contributed by atoms with Crippen LogP contribution >= 0.6 is 11.6 Å². The maximum atomic E-state index is 12.5. The Hall–Kier alpha value is -1.80. The van der Waals surface area contributed by atoms with Crippen molar-refractivity contribution in [2.75, 3.05) is 11.9 Å². The van der Waals surface area contributed by atoms with Gasteiger partial charge in [0, 0.05) is 23.3 Å². The molecule has 2 nitrogen and oxygen atoms in total. The minimum Gasteiger partial charge on any atom is -0.311 e. The first-order valence-electron chi connectivity index (χ1n) is 6.75. The molecule has 3 heteroatoms. The third-order valence-corrected chi connectivity index (χ3v) is 3.52. The summed E-state index contributed by atoms with van der Waals surface area (Å²) in [6.07, 6.45) is 2.02. The Bertz CT molecular complexity index is 592. The van der Waals surface area contributed by atoms with Gasteiger partial charge in [0.25, 0.3) is 5.91 Å². The van der Waals surface area contributed by atoms with E-state index in [2.05, 4.69) is 13.0 Å². The molecular weight excluding hydrogens is 270 g/mol. The lowest BCUT2D eigenvalue weighted by molar-refractivity contribution is 0.0993. The van der Waals surface area contributed by atoms with E-state index >= 15 is 0 Å². The predicted octanol–water partition coefficient (Wildman–Crippen LogP) is 4.57. The molecule has 0 aliphatic rings. The smallest absolute Gasteiger partial charge is 0.258 e. The third kappa shape index (κ3) is 3.20. The highest BCUT2D eigenvalue weighted by atomic mass is 35.5. The summed E-state index contributed by atoms with van der Waals surface area (Å²) in [5.41, 5.74) is 2.80. The van der Waals surface area contributed by atoms with Crippen molar-refractivity contribution in [2.45, 2.75) is 19.8 Å². The molecule has 0 fully saturated rings. The van der Waals surface area contributed by atoms with Crippen LogP contribution in [0.2, 0.25) is 5.02 Å². The summed E-state index contributed by atoms with van der Waals surface area (Å²) >= 11 is 5.85. The van der Waals surface area contributed by atoms with E-state index in [-0.39, 0.29) is 5.91 Å². The molecule has 0 saturated heterocycles. The van der Waals surface area contributed by atoms with Crippen LogP contribution in [0, 0.1) is 0 Å². The predicted molar refractivity (Wildman–Crippen MR) is 84.6 cm³/mol. The molecule has 1 amide bonds. The molecule has 0 aliphatic heterocycles. The summed E-state index contributed by atoms with van der Waals surface area (Å²) in [5.74, 6) is -0.0229. The highest BCUT2D eigenvalue weighted by Gasteiger charge is 2.15. The Morgan fingerprint density at radius 2 is 1.75 bits per heavy atom. The van der Waals surface area contributed by atoms with Gasteiger partial charge in [-0.05, 0) is 42.3 Å². The fourth-order valence-corrected chi connectivity index (χ4v) is 2.34. The van der Waals surface area contributed by atoms with Crippen LogP contribution in [0.4, 0.5) is 5.69 Å². The van der Waals surface area contributed by atoms with Crippen LogP contribution in [0.15, 0.2) is 48.5 Å². The SMILES string of the molecule is CCCc1ccccc1N(C)C(=O)c1ccc(Cl)cc1. The largest absolute Gasteiger partial charge is 0.311 e. The van der Waals surface area contributed by atoms with Gasteiger partial charge in [0.2, 0.25) is 0 Å². The number of hydrogen-bond donors (Lipinski definition) is 0. The van der Waals surface area contributed by atoms with Crippen molar-refractivity contribution in [3.63, 3.8) is 0 Å². The first kappa shape index (κ1) is 14.6. The topological polar surface area (TPSA) is 20.3 Å². The molecule has 0 aromatic heterocycles. The number of carbonyl (C=O) groups is 1. The van der Waals surface area contributed by atoms with Crippen LogP contribution in [0.5, 0.6) is 0 Å². The number of nitrogens with zero attached hydrogens (tertiary/aromatic N) is 1. The van der Waals surface area contributed by atoms with Gasteiger partial charge in [-0.1, -0.05) is 43.1 Å². The van der Waals surface area contributed by atoms with E-state index in [1.807, 2.05) is 25.2 Å². The number of carbonyl (C=O) groups excluding carboxylic acids is 1. The number of anilines is 1. The standard InChI is InChI=1S/C17H18ClNO/c1-3-6-13-7-4-5-8-16(13)19(2)17(20)14-9-11-15(18)12-10-14/h4-5,7-12H,3,6H2,1-2H3. The quantitative estimate of drug-likeness (QED) is 0.807. The van der Waals surface area contributed by atoms with Gasteiger partial charge >= 0.3 is 0 Å². The second-order valence-electron chi connectivity index (χ2n) is 4.75. The lowest BCUT2D eigenvalue weighted by Crippen LogP contribution is -2.27. The number of benzene rings is 2. The van der Waals surface area contributed by atoms with Crippen LogP contribution in [-0.4, -0.2) is 13.0 Å². The van der Waals surface area contributed by atoms with Crippen LogP contribution in [0.3, 0.4) is 0 Å². The van der Waals surface area contributed by atoms with E-state index in [1.54, 1.807) is 29.2 Å². The fourth-order valence-electron chi connectivity index (χ4n) is 2.21. The summed E-state index contributed by atoms with van der Waals surface area (Å²) < 4.78 is 0. The molecule has 0 N–H and O–H groups in total. The highest BCUT2D eigenvalue weighted by Crippen LogP contribution is 2.22. The third-order valence-electron chi connectivity index (χ3n) is 3.27. The van der Waals surface area contributed by atoms with E-state index < -0.39 is 0 Å². The molecule has 2 aromatic rings. The molecule has 20 heavy (non-hydrogen) atoms. The molecular formula is C17H18ClNO. The van der Waals surface area contributed by atoms with Crippen LogP contribution in [0.1, 0.15) is 29.3 Å². The second-order valence-corrected chi connectivity index (χ2v) is 5.19. The fraction of sp³-hybridized carbons (Fsp3) is 0.235. The normalized spacial score (nSPS) is 10.3. The molecule has 0 aliphatic carbocycles. The Kier molecular flexibility index (Phi) is 4.80. The second kappa shape index (κ2) is 6.58. The first-order chi connectivity index (χ1) is 9.63. The van der Waals surface area contributed by atoms with Crippen molar-refractivity contribution in [2.24, 2.45) is 0 Å². The van der Waals surface area contributed by atoms with Gasteiger partial charge in [-0.3, -0.25) is 4.79 Å². The first-order valence-corrected chi connectivity index (χ1v) is 7.12. The van der Waals surface area contributed by atoms with Gasteiger partial charge in [-0.15, -0.1) is 0 Å². The van der Waals surface area contributed by atoms with Crippen LogP contribution < -0.4 is 4.90 Å². The maximum absolute atomic E-state index is 12.5. The Morgan fingerprint density at radius 1 is 1.10 bits per heavy atom. The van der Waals surface area contributed by atoms with Crippen LogP contribution in [0.25, 0.3) is 0 Å². The molecule has 0 spiro atoms. The zero-order chi connectivity index (χ0) is 14.5. The zero-order valence-electron chi connectivity index (χ0n) is 11.8. The number of para-hydroxylation sites is 1. The van der Waals surface area contributed by atoms with Crippen molar-refractivity contribution in [3.8, 4) is 0 Å². The van der Waals surface area contributed by atoms with E-state index in [9.17, 15) is 4.79 Å². The highest BCUT2D eigenvalue weighted by molar-refractivity contribution is 6.30. The van der Waals surface area contributed by atoms with Gasteiger partial charge in [0.1, 0.15) is 0 Å². The molecule has 0 saturated carbocycles. The van der Waals surface area contributed by atoms with E-state index in [0.717, 1.165) is 18.5 Å². The molecule has 0 atom stereocenters. The number of hydrogen-bond acceptors (Lipinski definition) is 1.